The number of carbonyl (C=O) groups excluding carboxylic acids is 1. The molecule has 0 bridgehead atoms. The predicted molar refractivity (Wildman–Crippen MR) is 86.3 cm³/mol. The van der Waals surface area contributed by atoms with Crippen LogP contribution in [0.4, 0.5) is 10.9 Å². The van der Waals surface area contributed by atoms with Gasteiger partial charge in [-0.1, -0.05) is 32.1 Å². The Bertz CT molecular complexity index is 442. The Morgan fingerprint density at radius 2 is 2.05 bits per heavy atom. The number of hydrogen-bond acceptors (Lipinski definition) is 5. The molecule has 1 aromatic rings. The van der Waals surface area contributed by atoms with Crippen molar-refractivity contribution in [3.63, 3.8) is 0 Å². The molecule has 1 heterocycles. The summed E-state index contributed by atoms with van der Waals surface area (Å²) in [7, 11) is 0. The van der Waals surface area contributed by atoms with E-state index in [1.165, 1.54) is 11.3 Å². The van der Waals surface area contributed by atoms with Crippen molar-refractivity contribution >= 4 is 28.2 Å². The molecule has 114 valence electrons. The first-order chi connectivity index (χ1) is 9.36. The molecule has 1 rings (SSSR count). The Kier molecular flexibility index (Phi) is 6.26. The van der Waals surface area contributed by atoms with Gasteiger partial charge in [0.1, 0.15) is 10.7 Å². The third kappa shape index (κ3) is 4.37. The van der Waals surface area contributed by atoms with Gasteiger partial charge in [-0.05, 0) is 26.2 Å². The van der Waals surface area contributed by atoms with Gasteiger partial charge in [0.15, 0.2) is 5.13 Å². The normalized spacial score (nSPS) is 11.2. The van der Waals surface area contributed by atoms with Gasteiger partial charge in [0.2, 0.25) is 0 Å². The summed E-state index contributed by atoms with van der Waals surface area (Å²) < 4.78 is 0. The largest absolute Gasteiger partial charge is 0.382 e. The van der Waals surface area contributed by atoms with E-state index in [0.717, 1.165) is 24.6 Å². The molecule has 0 saturated carbocycles. The van der Waals surface area contributed by atoms with Crippen LogP contribution in [0.5, 0.6) is 0 Å². The van der Waals surface area contributed by atoms with Crippen molar-refractivity contribution in [2.45, 2.75) is 47.1 Å². The van der Waals surface area contributed by atoms with E-state index in [1.54, 1.807) is 0 Å². The molecule has 20 heavy (non-hydrogen) atoms. The average molecular weight is 298 g/mol. The molecule has 0 saturated heterocycles. The van der Waals surface area contributed by atoms with Gasteiger partial charge in [0, 0.05) is 19.1 Å². The van der Waals surface area contributed by atoms with E-state index in [4.69, 9.17) is 5.73 Å². The van der Waals surface area contributed by atoms with Gasteiger partial charge in [-0.3, -0.25) is 4.79 Å². The van der Waals surface area contributed by atoms with E-state index in [1.807, 2.05) is 18.7 Å². The Morgan fingerprint density at radius 3 is 2.55 bits per heavy atom. The van der Waals surface area contributed by atoms with Gasteiger partial charge in [0.25, 0.3) is 5.91 Å². The zero-order valence-electron chi connectivity index (χ0n) is 13.1. The van der Waals surface area contributed by atoms with Crippen molar-refractivity contribution in [2.24, 2.45) is 5.92 Å². The van der Waals surface area contributed by atoms with Gasteiger partial charge in [-0.25, -0.2) is 4.98 Å². The summed E-state index contributed by atoms with van der Waals surface area (Å²) in [6, 6.07) is 0.151. The van der Waals surface area contributed by atoms with Gasteiger partial charge < -0.3 is 16.0 Å². The molecule has 3 N–H and O–H groups in total. The maximum absolute atomic E-state index is 12.6. The number of aromatic nitrogens is 1. The van der Waals surface area contributed by atoms with E-state index in [9.17, 15) is 4.79 Å². The second-order valence-electron chi connectivity index (χ2n) is 5.61. The van der Waals surface area contributed by atoms with Crippen LogP contribution in [0.2, 0.25) is 0 Å². The number of nitrogens with two attached hydrogens (primary N) is 1. The summed E-state index contributed by atoms with van der Waals surface area (Å²) in [4.78, 5) is 19.2. The highest BCUT2D eigenvalue weighted by atomic mass is 32.1. The summed E-state index contributed by atoms with van der Waals surface area (Å²) in [5, 5.41) is 3.90. The Morgan fingerprint density at radius 1 is 1.40 bits per heavy atom. The molecule has 1 amide bonds. The fourth-order valence-electron chi connectivity index (χ4n) is 1.84. The summed E-state index contributed by atoms with van der Waals surface area (Å²) in [5.41, 5.74) is 5.89. The first-order valence-electron chi connectivity index (χ1n) is 7.17. The molecule has 0 atom stereocenters. The number of nitrogens with zero attached hydrogens (tertiary/aromatic N) is 2. The highest BCUT2D eigenvalue weighted by molar-refractivity contribution is 7.18. The quantitative estimate of drug-likeness (QED) is 0.811. The number of hydrogen-bond donors (Lipinski definition) is 2. The minimum atomic E-state index is -0.0201. The van der Waals surface area contributed by atoms with Gasteiger partial charge in [-0.15, -0.1) is 0 Å². The van der Waals surface area contributed by atoms with Crippen LogP contribution in [0, 0.1) is 5.92 Å². The number of amides is 1. The van der Waals surface area contributed by atoms with Crippen LogP contribution in [-0.4, -0.2) is 34.9 Å². The molecular formula is C14H26N4OS. The first kappa shape index (κ1) is 16.8. The Hall–Kier alpha value is -1.30. The lowest BCUT2D eigenvalue weighted by Crippen LogP contribution is -2.39. The van der Waals surface area contributed by atoms with E-state index in [2.05, 4.69) is 31.1 Å². The molecule has 6 heteroatoms. The number of rotatable bonds is 7. The topological polar surface area (TPSA) is 71.2 Å². The molecule has 0 unspecified atom stereocenters. The van der Waals surface area contributed by atoms with Gasteiger partial charge in [-0.2, -0.15) is 0 Å². The minimum Gasteiger partial charge on any atom is -0.382 e. The van der Waals surface area contributed by atoms with Crippen LogP contribution in [-0.2, 0) is 0 Å². The second-order valence-corrected chi connectivity index (χ2v) is 6.60. The van der Waals surface area contributed by atoms with Crippen molar-refractivity contribution < 1.29 is 4.79 Å². The monoisotopic (exact) mass is 298 g/mol. The molecule has 0 radical (unpaired) electrons. The van der Waals surface area contributed by atoms with E-state index < -0.39 is 0 Å². The van der Waals surface area contributed by atoms with Gasteiger partial charge in [0.05, 0.1) is 0 Å². The van der Waals surface area contributed by atoms with Crippen molar-refractivity contribution in [3.8, 4) is 0 Å². The number of thiazole rings is 1. The van der Waals surface area contributed by atoms with Crippen LogP contribution in [0.15, 0.2) is 0 Å². The highest BCUT2D eigenvalue weighted by Gasteiger charge is 2.24. The summed E-state index contributed by atoms with van der Waals surface area (Å²) >= 11 is 1.34. The lowest BCUT2D eigenvalue weighted by atomic mass is 10.1. The SMILES string of the molecule is CCCNc1nc(N)c(C(=O)N(CC(C)C)C(C)C)s1. The van der Waals surface area contributed by atoms with Crippen molar-refractivity contribution in [2.75, 3.05) is 24.1 Å². The maximum Gasteiger partial charge on any atom is 0.268 e. The fourth-order valence-corrected chi connectivity index (χ4v) is 2.71. The molecular weight excluding hydrogens is 272 g/mol. The summed E-state index contributed by atoms with van der Waals surface area (Å²) in [6.45, 7) is 11.9. The summed E-state index contributed by atoms with van der Waals surface area (Å²) in [5.74, 6) is 0.731. The van der Waals surface area contributed by atoms with Gasteiger partial charge >= 0.3 is 0 Å². The summed E-state index contributed by atoms with van der Waals surface area (Å²) in [6.07, 6.45) is 1.01. The molecule has 0 aliphatic carbocycles. The number of nitrogens with one attached hydrogen (secondary N) is 1. The maximum atomic E-state index is 12.6. The lowest BCUT2D eigenvalue weighted by Gasteiger charge is -2.28. The van der Waals surface area contributed by atoms with E-state index in [0.29, 0.717) is 16.6 Å². The zero-order chi connectivity index (χ0) is 15.3. The molecule has 1 aromatic heterocycles. The lowest BCUT2D eigenvalue weighted by molar-refractivity contribution is 0.0688. The standard InChI is InChI=1S/C14H26N4OS/c1-6-7-16-14-17-12(15)11(20-14)13(19)18(10(4)5)8-9(2)3/h9-10H,6-8,15H2,1-5H3,(H,16,17). The van der Waals surface area contributed by atoms with Crippen molar-refractivity contribution in [1.29, 1.82) is 0 Å². The second kappa shape index (κ2) is 7.47. The fraction of sp³-hybridized carbons (Fsp3) is 0.714. The average Bonchev–Trinajstić information content (AvgIpc) is 2.73. The third-order valence-corrected chi connectivity index (χ3v) is 3.84. The van der Waals surface area contributed by atoms with Crippen LogP contribution in [0.25, 0.3) is 0 Å². The Balaban J connectivity index is 2.91. The van der Waals surface area contributed by atoms with Crippen LogP contribution < -0.4 is 11.1 Å². The zero-order valence-corrected chi connectivity index (χ0v) is 13.9. The molecule has 0 fully saturated rings. The van der Waals surface area contributed by atoms with Crippen LogP contribution in [0.3, 0.4) is 0 Å². The number of carbonyl (C=O) groups is 1. The molecule has 0 aliphatic heterocycles. The van der Waals surface area contributed by atoms with Crippen molar-refractivity contribution in [3.05, 3.63) is 4.88 Å². The van der Waals surface area contributed by atoms with Crippen LogP contribution >= 0.6 is 11.3 Å². The van der Waals surface area contributed by atoms with Crippen LogP contribution in [0.1, 0.15) is 50.7 Å². The van der Waals surface area contributed by atoms with Crippen molar-refractivity contribution in [1.82, 2.24) is 9.88 Å². The van der Waals surface area contributed by atoms with E-state index in [-0.39, 0.29) is 11.9 Å². The number of anilines is 2. The van der Waals surface area contributed by atoms with E-state index >= 15 is 0 Å². The minimum absolute atomic E-state index is 0.0201. The smallest absolute Gasteiger partial charge is 0.268 e. The first-order valence-corrected chi connectivity index (χ1v) is 7.99. The highest BCUT2D eigenvalue weighted by Crippen LogP contribution is 2.27. The molecule has 0 aliphatic rings. The Labute approximate surface area is 125 Å². The predicted octanol–water partition coefficient (Wildman–Crippen LogP) is 3.05. The molecule has 0 aromatic carbocycles. The molecule has 0 spiro atoms. The third-order valence-electron chi connectivity index (χ3n) is 2.82. The number of nitrogen functional groups attached to an aromatic ring is 1. The molecule has 5 nitrogen and oxygen atoms in total.